The third-order valence-electron chi connectivity index (χ3n) is 3.92. The molecule has 0 saturated heterocycles. The van der Waals surface area contributed by atoms with Crippen molar-refractivity contribution in [3.63, 3.8) is 0 Å². The molecule has 0 saturated carbocycles. The zero-order chi connectivity index (χ0) is 17.4. The van der Waals surface area contributed by atoms with E-state index in [2.05, 4.69) is 0 Å². The van der Waals surface area contributed by atoms with E-state index in [0.29, 0.717) is 16.3 Å². The van der Waals surface area contributed by atoms with Crippen LogP contribution in [0.2, 0.25) is 5.02 Å². The topological polar surface area (TPSA) is 77.8 Å². The van der Waals surface area contributed by atoms with Gasteiger partial charge in [-0.25, -0.2) is 0 Å². The van der Waals surface area contributed by atoms with Crippen molar-refractivity contribution in [3.05, 3.63) is 70.4 Å². The lowest BCUT2D eigenvalue weighted by molar-refractivity contribution is -0.117. The Kier molecular flexibility index (Phi) is 4.03. The van der Waals surface area contributed by atoms with Gasteiger partial charge in [0, 0.05) is 10.7 Å². The van der Waals surface area contributed by atoms with Crippen LogP contribution < -0.4 is 4.90 Å². The number of benzene rings is 2. The Bertz CT molecular complexity index is 858. The summed E-state index contributed by atoms with van der Waals surface area (Å²) in [5.41, 5.74) is 0.974. The van der Waals surface area contributed by atoms with E-state index in [-0.39, 0.29) is 11.3 Å². The van der Waals surface area contributed by atoms with Gasteiger partial charge in [-0.15, -0.1) is 0 Å². The highest BCUT2D eigenvalue weighted by molar-refractivity contribution is 6.31. The minimum Gasteiger partial charge on any atom is -0.508 e. The number of aliphatic hydroxyl groups excluding tert-OH is 1. The third kappa shape index (κ3) is 2.53. The van der Waals surface area contributed by atoms with Crippen LogP contribution in [0.3, 0.4) is 0 Å². The summed E-state index contributed by atoms with van der Waals surface area (Å²) >= 11 is 6.25. The second-order valence-corrected chi connectivity index (χ2v) is 5.84. The second-order valence-electron chi connectivity index (χ2n) is 5.43. The number of carbonyl (C=O) groups excluding carboxylic acids is 2. The van der Waals surface area contributed by atoms with Gasteiger partial charge in [-0.1, -0.05) is 29.8 Å². The highest BCUT2D eigenvalue weighted by Crippen LogP contribution is 2.43. The van der Waals surface area contributed by atoms with E-state index >= 15 is 0 Å². The van der Waals surface area contributed by atoms with Crippen molar-refractivity contribution in [1.82, 2.24) is 0 Å². The minimum absolute atomic E-state index is 0.00109. The summed E-state index contributed by atoms with van der Waals surface area (Å²) in [6.07, 6.45) is 0. The van der Waals surface area contributed by atoms with Gasteiger partial charge >= 0.3 is 0 Å². The lowest BCUT2D eigenvalue weighted by atomic mass is 9.96. The molecule has 0 bridgehead atoms. The maximum atomic E-state index is 12.6. The maximum absolute atomic E-state index is 12.6. The van der Waals surface area contributed by atoms with E-state index in [4.69, 9.17) is 11.6 Å². The molecule has 1 aliphatic rings. The monoisotopic (exact) mass is 343 g/mol. The first-order chi connectivity index (χ1) is 11.4. The summed E-state index contributed by atoms with van der Waals surface area (Å²) in [6.45, 7) is 1.29. The molecule has 2 N–H and O–H groups in total. The summed E-state index contributed by atoms with van der Waals surface area (Å²) in [5, 5.41) is 20.0. The fraction of sp³-hybridized carbons (Fsp3) is 0.111. The number of nitrogens with zero attached hydrogens (tertiary/aromatic N) is 1. The number of carbonyl (C=O) groups is 2. The Morgan fingerprint density at radius 3 is 2.29 bits per heavy atom. The van der Waals surface area contributed by atoms with Crippen LogP contribution in [-0.4, -0.2) is 21.9 Å². The van der Waals surface area contributed by atoms with E-state index in [9.17, 15) is 19.8 Å². The molecule has 1 amide bonds. The molecule has 2 aromatic carbocycles. The first-order valence-electron chi connectivity index (χ1n) is 7.23. The van der Waals surface area contributed by atoms with E-state index < -0.39 is 23.5 Å². The van der Waals surface area contributed by atoms with Crippen LogP contribution in [0, 0.1) is 0 Å². The predicted octanol–water partition coefficient (Wildman–Crippen LogP) is 3.53. The average Bonchev–Trinajstić information content (AvgIpc) is 2.81. The number of hydrogen-bond acceptors (Lipinski definition) is 4. The molecule has 0 radical (unpaired) electrons. The lowest BCUT2D eigenvalue weighted by Crippen LogP contribution is -2.31. The van der Waals surface area contributed by atoms with Crippen LogP contribution >= 0.6 is 11.6 Å². The van der Waals surface area contributed by atoms with Crippen LogP contribution in [0.25, 0.3) is 0 Å². The molecule has 3 rings (SSSR count). The van der Waals surface area contributed by atoms with E-state index in [1.807, 2.05) is 0 Å². The fourth-order valence-electron chi connectivity index (χ4n) is 2.84. The molecule has 24 heavy (non-hydrogen) atoms. The predicted molar refractivity (Wildman–Crippen MR) is 90.1 cm³/mol. The number of phenols is 1. The van der Waals surface area contributed by atoms with Crippen LogP contribution in [-0.2, 0) is 9.59 Å². The van der Waals surface area contributed by atoms with Gasteiger partial charge in [0.15, 0.2) is 11.5 Å². The van der Waals surface area contributed by atoms with Gasteiger partial charge in [-0.05, 0) is 42.8 Å². The number of ketones is 1. The molecule has 122 valence electrons. The zero-order valence-electron chi connectivity index (χ0n) is 12.7. The molecular formula is C18H14ClNO4. The largest absolute Gasteiger partial charge is 0.508 e. The van der Waals surface area contributed by atoms with Gasteiger partial charge in [0.25, 0.3) is 5.91 Å². The number of hydrogen-bond donors (Lipinski definition) is 2. The number of phenolic OH excluding ortho intramolecular Hbond substituents is 1. The maximum Gasteiger partial charge on any atom is 0.294 e. The molecule has 0 spiro atoms. The second kappa shape index (κ2) is 6.02. The third-order valence-corrected chi connectivity index (χ3v) is 4.26. The Balaban J connectivity index is 2.21. The number of aliphatic hydroxyl groups is 1. The van der Waals surface area contributed by atoms with E-state index in [1.54, 1.807) is 24.3 Å². The van der Waals surface area contributed by atoms with Crippen LogP contribution in [0.4, 0.5) is 5.69 Å². The molecule has 5 nitrogen and oxygen atoms in total. The molecular weight excluding hydrogens is 330 g/mol. The number of rotatable bonds is 3. The highest BCUT2D eigenvalue weighted by Gasteiger charge is 2.43. The first kappa shape index (κ1) is 16.1. The number of amides is 1. The number of Topliss-reactive ketones (excluding diaryl/α,β-unsaturated/α-hetero) is 1. The van der Waals surface area contributed by atoms with E-state index in [0.717, 1.165) is 0 Å². The molecule has 1 atom stereocenters. The number of anilines is 1. The van der Waals surface area contributed by atoms with Gasteiger partial charge in [0.05, 0.1) is 11.6 Å². The normalized spacial score (nSPS) is 17.5. The summed E-state index contributed by atoms with van der Waals surface area (Å²) in [4.78, 5) is 25.9. The quantitative estimate of drug-likeness (QED) is 0.893. The summed E-state index contributed by atoms with van der Waals surface area (Å²) in [7, 11) is 0. The SMILES string of the molecule is CC(=O)C1=C(O)C(=O)N(c2ccc(O)cc2)[C@H]1c1ccccc1Cl. The van der Waals surface area contributed by atoms with Gasteiger partial charge < -0.3 is 10.2 Å². The van der Waals surface area contributed by atoms with Crippen molar-refractivity contribution in [3.8, 4) is 5.75 Å². The lowest BCUT2D eigenvalue weighted by Gasteiger charge is -2.27. The molecule has 0 aliphatic carbocycles. The average molecular weight is 344 g/mol. The van der Waals surface area contributed by atoms with Gasteiger partial charge in [-0.2, -0.15) is 0 Å². The smallest absolute Gasteiger partial charge is 0.294 e. The van der Waals surface area contributed by atoms with Gasteiger partial charge in [-0.3, -0.25) is 14.5 Å². The summed E-state index contributed by atoms with van der Waals surface area (Å²) < 4.78 is 0. The van der Waals surface area contributed by atoms with Crippen LogP contribution in [0.15, 0.2) is 59.9 Å². The summed E-state index contributed by atoms with van der Waals surface area (Å²) in [5.74, 6) is -1.63. The molecule has 1 heterocycles. The van der Waals surface area contributed by atoms with Crippen molar-refractivity contribution in [2.24, 2.45) is 0 Å². The highest BCUT2D eigenvalue weighted by atomic mass is 35.5. The van der Waals surface area contributed by atoms with Crippen LogP contribution in [0.5, 0.6) is 5.75 Å². The summed E-state index contributed by atoms with van der Waals surface area (Å²) in [6, 6.07) is 11.9. The van der Waals surface area contributed by atoms with Gasteiger partial charge in [0.1, 0.15) is 5.75 Å². The van der Waals surface area contributed by atoms with Crippen molar-refractivity contribution in [1.29, 1.82) is 0 Å². The van der Waals surface area contributed by atoms with Crippen LogP contribution in [0.1, 0.15) is 18.5 Å². The molecule has 0 unspecified atom stereocenters. The van der Waals surface area contributed by atoms with Crippen molar-refractivity contribution in [2.75, 3.05) is 4.90 Å². The Morgan fingerprint density at radius 1 is 1.08 bits per heavy atom. The molecule has 2 aromatic rings. The van der Waals surface area contributed by atoms with E-state index in [1.165, 1.54) is 36.1 Å². The minimum atomic E-state index is -0.826. The molecule has 0 fully saturated rings. The van der Waals surface area contributed by atoms with Crippen molar-refractivity contribution >= 4 is 29.0 Å². The Labute approximate surface area is 143 Å². The number of halogens is 1. The number of aromatic hydroxyl groups is 1. The molecule has 6 heteroatoms. The zero-order valence-corrected chi connectivity index (χ0v) is 13.5. The van der Waals surface area contributed by atoms with Crippen molar-refractivity contribution < 1.29 is 19.8 Å². The fourth-order valence-corrected chi connectivity index (χ4v) is 3.07. The molecule has 0 aromatic heterocycles. The standard InChI is InChI=1S/C18H14ClNO4/c1-10(21)15-16(13-4-2-3-5-14(13)19)20(18(24)17(15)23)11-6-8-12(22)9-7-11/h2-9,16,22-23H,1H3/t16-/m0/s1. The van der Waals surface area contributed by atoms with Crippen molar-refractivity contribution in [2.45, 2.75) is 13.0 Å². The molecule has 1 aliphatic heterocycles. The van der Waals surface area contributed by atoms with Gasteiger partial charge in [0.2, 0.25) is 0 Å². The Hall–Kier alpha value is -2.79. The first-order valence-corrected chi connectivity index (χ1v) is 7.60. The Morgan fingerprint density at radius 2 is 1.71 bits per heavy atom.